The maximum Gasteiger partial charge on any atom is 0.382 e. The highest BCUT2D eigenvalue weighted by atomic mass is 17.2. The minimum absolute atomic E-state index is 0.0622. The smallest absolute Gasteiger partial charge is 0.382 e. The Labute approximate surface area is 141 Å². The Hall–Kier alpha value is -1.62. The quantitative estimate of drug-likeness (QED) is 0.478. The summed E-state index contributed by atoms with van der Waals surface area (Å²) in [7, 11) is 0. The standard InChI is InChI=1S/C19H24O5/c1-10(2)15(20)23-24-16(21)11(3)14-17(4)18(14)6-12-5-13(7-18)9-19(17,22)8-12/h12-13,22H,1,5-9H2,2-4H3/b14-11-. The molecule has 130 valence electrons. The molecule has 0 amide bonds. The normalized spacial score (nSPS) is 46.2. The van der Waals surface area contributed by atoms with E-state index in [4.69, 9.17) is 4.89 Å². The van der Waals surface area contributed by atoms with Crippen LogP contribution in [0.3, 0.4) is 0 Å². The lowest BCUT2D eigenvalue weighted by molar-refractivity contribution is -0.252. The van der Waals surface area contributed by atoms with Crippen molar-refractivity contribution in [1.29, 1.82) is 0 Å². The van der Waals surface area contributed by atoms with E-state index < -0.39 is 17.5 Å². The van der Waals surface area contributed by atoms with Crippen molar-refractivity contribution in [3.8, 4) is 0 Å². The van der Waals surface area contributed by atoms with E-state index in [0.29, 0.717) is 17.4 Å². The molecule has 5 nitrogen and oxygen atoms in total. The van der Waals surface area contributed by atoms with Gasteiger partial charge in [0.25, 0.3) is 0 Å². The molecular formula is C19H24O5. The maximum atomic E-state index is 12.4. The average molecular weight is 332 g/mol. The second-order valence-electron chi connectivity index (χ2n) is 8.54. The summed E-state index contributed by atoms with van der Waals surface area (Å²) in [5.74, 6) is -0.291. The van der Waals surface area contributed by atoms with Crippen molar-refractivity contribution in [2.45, 2.75) is 58.5 Å². The third kappa shape index (κ3) is 1.69. The van der Waals surface area contributed by atoms with Crippen LogP contribution in [0, 0.1) is 22.7 Å². The van der Waals surface area contributed by atoms with E-state index in [-0.39, 0.29) is 16.4 Å². The first-order chi connectivity index (χ1) is 11.1. The van der Waals surface area contributed by atoms with Crippen LogP contribution in [0.5, 0.6) is 0 Å². The fourth-order valence-electron chi connectivity index (χ4n) is 6.46. The van der Waals surface area contributed by atoms with Crippen molar-refractivity contribution < 1.29 is 24.5 Å². The molecule has 3 unspecified atom stereocenters. The van der Waals surface area contributed by atoms with Crippen LogP contribution in [0.2, 0.25) is 0 Å². The molecule has 0 aromatic carbocycles. The van der Waals surface area contributed by atoms with Crippen LogP contribution in [0.4, 0.5) is 0 Å². The van der Waals surface area contributed by atoms with Crippen LogP contribution in [-0.4, -0.2) is 22.6 Å². The lowest BCUT2D eigenvalue weighted by atomic mass is 9.50. The van der Waals surface area contributed by atoms with Crippen LogP contribution in [0.25, 0.3) is 0 Å². The molecule has 0 aromatic rings. The Morgan fingerprint density at radius 3 is 2.17 bits per heavy atom. The molecule has 5 aliphatic carbocycles. The molecule has 3 atom stereocenters. The Balaban J connectivity index is 1.63. The molecule has 0 aromatic heterocycles. The van der Waals surface area contributed by atoms with Gasteiger partial charge in [0.15, 0.2) is 0 Å². The lowest BCUT2D eigenvalue weighted by Crippen LogP contribution is -2.56. The molecule has 5 aliphatic rings. The number of hydrogen-bond acceptors (Lipinski definition) is 5. The molecule has 5 fully saturated rings. The van der Waals surface area contributed by atoms with E-state index in [0.717, 1.165) is 31.3 Å². The largest absolute Gasteiger partial charge is 0.389 e. The minimum Gasteiger partial charge on any atom is -0.389 e. The maximum absolute atomic E-state index is 12.4. The molecule has 4 bridgehead atoms. The SMILES string of the molecule is C=C(C)C(=O)OOC(=O)/C(C)=C1\C23CC4CC(CC(O)(C4)C12C)C3. The molecule has 1 spiro atoms. The van der Waals surface area contributed by atoms with Gasteiger partial charge in [-0.15, -0.1) is 0 Å². The highest BCUT2D eigenvalue weighted by molar-refractivity contribution is 5.92. The lowest BCUT2D eigenvalue weighted by Gasteiger charge is -2.57. The summed E-state index contributed by atoms with van der Waals surface area (Å²) in [6.45, 7) is 8.75. The van der Waals surface area contributed by atoms with Gasteiger partial charge in [-0.1, -0.05) is 13.5 Å². The number of carbonyl (C=O) groups is 2. The van der Waals surface area contributed by atoms with Crippen molar-refractivity contribution >= 4 is 11.9 Å². The zero-order valence-corrected chi connectivity index (χ0v) is 14.5. The van der Waals surface area contributed by atoms with Gasteiger partial charge in [0.05, 0.1) is 5.60 Å². The van der Waals surface area contributed by atoms with Crippen molar-refractivity contribution in [2.24, 2.45) is 22.7 Å². The number of aliphatic hydroxyl groups is 1. The summed E-state index contributed by atoms with van der Waals surface area (Å²) in [6.07, 6.45) is 4.96. The summed E-state index contributed by atoms with van der Waals surface area (Å²) in [4.78, 5) is 33.0. The van der Waals surface area contributed by atoms with Crippen molar-refractivity contribution in [3.05, 3.63) is 23.3 Å². The highest BCUT2D eigenvalue weighted by Crippen LogP contribution is 2.87. The van der Waals surface area contributed by atoms with Crippen molar-refractivity contribution in [3.63, 3.8) is 0 Å². The van der Waals surface area contributed by atoms with Crippen molar-refractivity contribution in [2.75, 3.05) is 0 Å². The van der Waals surface area contributed by atoms with E-state index >= 15 is 0 Å². The van der Waals surface area contributed by atoms with Crippen LogP contribution in [-0.2, 0) is 19.4 Å². The van der Waals surface area contributed by atoms with E-state index in [2.05, 4.69) is 18.4 Å². The summed E-state index contributed by atoms with van der Waals surface area (Å²) in [6, 6.07) is 0. The van der Waals surface area contributed by atoms with Gasteiger partial charge in [0.2, 0.25) is 0 Å². The Kier molecular flexibility index (Phi) is 2.98. The third-order valence-corrected chi connectivity index (χ3v) is 7.22. The molecule has 5 rings (SSSR count). The predicted molar refractivity (Wildman–Crippen MR) is 85.3 cm³/mol. The Bertz CT molecular complexity index is 689. The molecule has 24 heavy (non-hydrogen) atoms. The molecular weight excluding hydrogens is 308 g/mol. The first-order valence-electron chi connectivity index (χ1n) is 8.67. The van der Waals surface area contributed by atoms with Crippen LogP contribution < -0.4 is 0 Å². The van der Waals surface area contributed by atoms with Crippen molar-refractivity contribution in [1.82, 2.24) is 0 Å². The average Bonchev–Trinajstić information content (AvgIpc) is 3.02. The monoisotopic (exact) mass is 332 g/mol. The fraction of sp³-hybridized carbons (Fsp3) is 0.684. The van der Waals surface area contributed by atoms with E-state index in [1.54, 1.807) is 6.92 Å². The van der Waals surface area contributed by atoms with E-state index in [1.807, 2.05) is 0 Å². The first-order valence-corrected chi connectivity index (χ1v) is 8.67. The van der Waals surface area contributed by atoms with Gasteiger partial charge in [0, 0.05) is 22.0 Å². The highest BCUT2D eigenvalue weighted by Gasteiger charge is 2.83. The van der Waals surface area contributed by atoms with Crippen LogP contribution in [0.15, 0.2) is 23.3 Å². The molecule has 1 N–H and O–H groups in total. The van der Waals surface area contributed by atoms with Gasteiger partial charge in [-0.05, 0) is 63.4 Å². The molecule has 0 heterocycles. The number of rotatable bonds is 2. The predicted octanol–water partition coefficient (Wildman–Crippen LogP) is 2.84. The van der Waals surface area contributed by atoms with Gasteiger partial charge in [-0.2, -0.15) is 0 Å². The summed E-state index contributed by atoms with van der Waals surface area (Å²) in [5.41, 5.74) is 0.570. The van der Waals surface area contributed by atoms with Gasteiger partial charge in [-0.25, -0.2) is 19.4 Å². The van der Waals surface area contributed by atoms with Gasteiger partial charge in [0.1, 0.15) is 0 Å². The fourth-order valence-corrected chi connectivity index (χ4v) is 6.46. The third-order valence-electron chi connectivity index (χ3n) is 7.22. The second kappa shape index (κ2) is 4.51. The van der Waals surface area contributed by atoms with Crippen LogP contribution >= 0.6 is 0 Å². The summed E-state index contributed by atoms with van der Waals surface area (Å²) >= 11 is 0. The summed E-state index contributed by atoms with van der Waals surface area (Å²) in [5, 5.41) is 11.3. The zero-order valence-electron chi connectivity index (χ0n) is 14.5. The first kappa shape index (κ1) is 15.9. The van der Waals surface area contributed by atoms with E-state index in [9.17, 15) is 14.7 Å². The molecule has 5 saturated carbocycles. The number of carbonyl (C=O) groups excluding carboxylic acids is 2. The number of hydrogen-bond donors (Lipinski definition) is 1. The van der Waals surface area contributed by atoms with Gasteiger partial charge < -0.3 is 5.11 Å². The van der Waals surface area contributed by atoms with E-state index in [1.165, 1.54) is 13.3 Å². The summed E-state index contributed by atoms with van der Waals surface area (Å²) < 4.78 is 0. The molecule has 0 aliphatic heterocycles. The topological polar surface area (TPSA) is 72.8 Å². The zero-order chi connectivity index (χ0) is 17.5. The second-order valence-corrected chi connectivity index (χ2v) is 8.54. The molecule has 0 radical (unpaired) electrons. The minimum atomic E-state index is -0.752. The van der Waals surface area contributed by atoms with Crippen LogP contribution in [0.1, 0.15) is 52.9 Å². The Morgan fingerprint density at radius 2 is 1.62 bits per heavy atom. The molecule has 5 heteroatoms. The van der Waals surface area contributed by atoms with Gasteiger partial charge in [-0.3, -0.25) is 0 Å². The molecule has 0 saturated heterocycles. The Morgan fingerprint density at radius 1 is 1.08 bits per heavy atom. The van der Waals surface area contributed by atoms with Gasteiger partial charge >= 0.3 is 11.9 Å².